The lowest BCUT2D eigenvalue weighted by Gasteiger charge is -2.31. The Hall–Kier alpha value is -0.620. The van der Waals surface area contributed by atoms with Crippen LogP contribution >= 0.6 is 0 Å². The van der Waals surface area contributed by atoms with E-state index in [9.17, 15) is 13.2 Å². The molecule has 2 heterocycles. The van der Waals surface area contributed by atoms with Gasteiger partial charge in [-0.3, -0.25) is 4.79 Å². The number of sulfone groups is 1. The molecule has 2 rings (SSSR count). The van der Waals surface area contributed by atoms with E-state index in [0.717, 1.165) is 0 Å². The Morgan fingerprint density at radius 1 is 1.41 bits per heavy atom. The summed E-state index contributed by atoms with van der Waals surface area (Å²) in [5.41, 5.74) is 0. The number of hydrogen-bond donors (Lipinski definition) is 1. The van der Waals surface area contributed by atoms with Gasteiger partial charge in [-0.25, -0.2) is 8.42 Å². The zero-order valence-corrected chi connectivity index (χ0v) is 11.2. The Balaban J connectivity index is 2.23. The highest BCUT2D eigenvalue weighted by Crippen LogP contribution is 2.22. The molecule has 98 valence electrons. The first kappa shape index (κ1) is 12.8. The normalized spacial score (nSPS) is 32.6. The minimum Gasteiger partial charge on any atom is -0.337 e. The zero-order chi connectivity index (χ0) is 12.6. The molecular formula is C11H20N2O3S. The van der Waals surface area contributed by atoms with Crippen molar-refractivity contribution in [3.63, 3.8) is 0 Å². The maximum Gasteiger partial charge on any atom is 0.224 e. The van der Waals surface area contributed by atoms with Crippen LogP contribution in [0.4, 0.5) is 0 Å². The molecule has 6 heteroatoms. The Morgan fingerprint density at radius 3 is 2.76 bits per heavy atom. The lowest BCUT2D eigenvalue weighted by atomic mass is 10.1. The van der Waals surface area contributed by atoms with Gasteiger partial charge < -0.3 is 10.2 Å². The molecule has 1 amide bonds. The van der Waals surface area contributed by atoms with Crippen LogP contribution in [0.25, 0.3) is 0 Å². The lowest BCUT2D eigenvalue weighted by Crippen LogP contribution is -2.49. The zero-order valence-electron chi connectivity index (χ0n) is 10.3. The Labute approximate surface area is 102 Å². The molecule has 5 nitrogen and oxygen atoms in total. The van der Waals surface area contributed by atoms with Crippen molar-refractivity contribution in [2.45, 2.75) is 32.4 Å². The number of carbonyl (C=O) groups is 1. The minimum absolute atomic E-state index is 0.0785. The first-order chi connectivity index (χ1) is 7.89. The highest BCUT2D eigenvalue weighted by Gasteiger charge is 2.43. The van der Waals surface area contributed by atoms with E-state index in [1.165, 1.54) is 0 Å². The highest BCUT2D eigenvalue weighted by molar-refractivity contribution is 7.91. The van der Waals surface area contributed by atoms with Gasteiger partial charge in [0.15, 0.2) is 9.84 Å². The van der Waals surface area contributed by atoms with Crippen LogP contribution in [0.15, 0.2) is 0 Å². The molecule has 0 radical (unpaired) electrons. The van der Waals surface area contributed by atoms with E-state index in [1.807, 2.05) is 13.8 Å². The van der Waals surface area contributed by atoms with Crippen molar-refractivity contribution >= 4 is 15.7 Å². The van der Waals surface area contributed by atoms with Crippen molar-refractivity contribution < 1.29 is 13.2 Å². The highest BCUT2D eigenvalue weighted by atomic mass is 32.2. The third-order valence-corrected chi connectivity index (χ3v) is 5.07. The van der Waals surface area contributed by atoms with Gasteiger partial charge in [-0.2, -0.15) is 0 Å². The Kier molecular flexibility index (Phi) is 3.45. The first-order valence-corrected chi connectivity index (χ1v) is 7.94. The summed E-state index contributed by atoms with van der Waals surface area (Å²) in [6, 6.07) is -0.248. The number of nitrogens with zero attached hydrogens (tertiary/aromatic N) is 1. The summed E-state index contributed by atoms with van der Waals surface area (Å²) in [6.07, 6.45) is 0.472. The van der Waals surface area contributed by atoms with E-state index < -0.39 is 9.84 Å². The SMILES string of the molecule is CC(C)CN1C(=O)CCNC2CS(=O)(=O)CC21. The summed E-state index contributed by atoms with van der Waals surface area (Å²) >= 11 is 0. The summed E-state index contributed by atoms with van der Waals surface area (Å²) in [5, 5.41) is 3.19. The number of fused-ring (bicyclic) bond motifs is 1. The molecule has 2 aliphatic heterocycles. The summed E-state index contributed by atoms with van der Waals surface area (Å²) < 4.78 is 23.3. The summed E-state index contributed by atoms with van der Waals surface area (Å²) in [4.78, 5) is 13.8. The lowest BCUT2D eigenvalue weighted by molar-refractivity contribution is -0.132. The molecule has 0 saturated carbocycles. The molecule has 2 fully saturated rings. The second-order valence-corrected chi connectivity index (χ2v) is 7.55. The second kappa shape index (κ2) is 4.57. The van der Waals surface area contributed by atoms with Gasteiger partial charge in [0.25, 0.3) is 0 Å². The van der Waals surface area contributed by atoms with Crippen molar-refractivity contribution in [1.82, 2.24) is 10.2 Å². The maximum absolute atomic E-state index is 12.0. The van der Waals surface area contributed by atoms with E-state index in [0.29, 0.717) is 25.4 Å². The fourth-order valence-electron chi connectivity index (χ4n) is 2.65. The van der Waals surface area contributed by atoms with Crippen LogP contribution in [-0.4, -0.2) is 55.9 Å². The molecule has 0 spiro atoms. The fraction of sp³-hybridized carbons (Fsp3) is 0.909. The molecule has 1 N–H and O–H groups in total. The van der Waals surface area contributed by atoms with Crippen LogP contribution in [0.2, 0.25) is 0 Å². The fourth-order valence-corrected chi connectivity index (χ4v) is 4.61. The summed E-state index contributed by atoms with van der Waals surface area (Å²) in [6.45, 7) is 5.33. The van der Waals surface area contributed by atoms with Crippen molar-refractivity contribution in [3.8, 4) is 0 Å². The third-order valence-electron chi connectivity index (χ3n) is 3.35. The molecule has 0 aliphatic carbocycles. The molecule has 2 aliphatic rings. The van der Waals surface area contributed by atoms with Gasteiger partial charge in [-0.1, -0.05) is 13.8 Å². The number of rotatable bonds is 2. The van der Waals surface area contributed by atoms with Crippen LogP contribution in [0.3, 0.4) is 0 Å². The summed E-state index contributed by atoms with van der Waals surface area (Å²) in [7, 11) is -2.99. The van der Waals surface area contributed by atoms with E-state index in [1.54, 1.807) is 4.90 Å². The van der Waals surface area contributed by atoms with E-state index in [-0.39, 0.29) is 29.5 Å². The van der Waals surface area contributed by atoms with Crippen LogP contribution in [0.1, 0.15) is 20.3 Å². The average molecular weight is 260 g/mol. The predicted molar refractivity (Wildman–Crippen MR) is 65.4 cm³/mol. The number of carbonyl (C=O) groups excluding carboxylic acids is 1. The first-order valence-electron chi connectivity index (χ1n) is 6.12. The quantitative estimate of drug-likeness (QED) is 0.735. The van der Waals surface area contributed by atoms with Gasteiger partial charge in [0.05, 0.1) is 17.5 Å². The minimum atomic E-state index is -2.99. The van der Waals surface area contributed by atoms with E-state index >= 15 is 0 Å². The van der Waals surface area contributed by atoms with Crippen molar-refractivity contribution in [1.29, 1.82) is 0 Å². The Morgan fingerprint density at radius 2 is 2.12 bits per heavy atom. The van der Waals surface area contributed by atoms with Gasteiger partial charge in [-0.05, 0) is 5.92 Å². The molecule has 0 bridgehead atoms. The van der Waals surface area contributed by atoms with Gasteiger partial charge in [0.1, 0.15) is 0 Å². The Bertz CT molecular complexity index is 405. The van der Waals surface area contributed by atoms with Gasteiger partial charge >= 0.3 is 0 Å². The molecule has 2 atom stereocenters. The molecule has 2 saturated heterocycles. The van der Waals surface area contributed by atoms with Gasteiger partial charge in [0, 0.05) is 25.6 Å². The predicted octanol–water partition coefficient (Wildman–Crippen LogP) is -0.370. The third kappa shape index (κ3) is 2.80. The second-order valence-electron chi connectivity index (χ2n) is 5.39. The van der Waals surface area contributed by atoms with E-state index in [4.69, 9.17) is 0 Å². The molecule has 17 heavy (non-hydrogen) atoms. The van der Waals surface area contributed by atoms with Crippen molar-refractivity contribution in [2.75, 3.05) is 24.6 Å². The number of nitrogens with one attached hydrogen (secondary N) is 1. The van der Waals surface area contributed by atoms with Crippen LogP contribution in [0, 0.1) is 5.92 Å². The van der Waals surface area contributed by atoms with Gasteiger partial charge in [-0.15, -0.1) is 0 Å². The smallest absolute Gasteiger partial charge is 0.224 e. The largest absolute Gasteiger partial charge is 0.337 e. The van der Waals surface area contributed by atoms with Crippen molar-refractivity contribution in [2.24, 2.45) is 5.92 Å². The topological polar surface area (TPSA) is 66.5 Å². The maximum atomic E-state index is 12.0. The molecule has 0 aromatic rings. The van der Waals surface area contributed by atoms with Crippen LogP contribution < -0.4 is 5.32 Å². The number of amides is 1. The standard InChI is InChI=1S/C11H20N2O3S/c1-8(2)5-13-10-7-17(15,16)6-9(10)12-4-3-11(13)14/h8-10,12H,3-7H2,1-2H3. The van der Waals surface area contributed by atoms with Crippen molar-refractivity contribution in [3.05, 3.63) is 0 Å². The number of hydrogen-bond acceptors (Lipinski definition) is 4. The van der Waals surface area contributed by atoms with Crippen LogP contribution in [0.5, 0.6) is 0 Å². The molecule has 0 aromatic carbocycles. The van der Waals surface area contributed by atoms with E-state index in [2.05, 4.69) is 5.32 Å². The molecule has 2 unspecified atom stereocenters. The summed E-state index contributed by atoms with van der Waals surface area (Å²) in [5.74, 6) is 0.722. The van der Waals surface area contributed by atoms with Crippen LogP contribution in [-0.2, 0) is 14.6 Å². The van der Waals surface area contributed by atoms with Gasteiger partial charge in [0.2, 0.25) is 5.91 Å². The monoisotopic (exact) mass is 260 g/mol. The molecule has 0 aromatic heterocycles. The average Bonchev–Trinajstić information content (AvgIpc) is 2.43. The molecular weight excluding hydrogens is 240 g/mol.